The van der Waals surface area contributed by atoms with E-state index >= 15 is 0 Å². The van der Waals surface area contributed by atoms with Gasteiger partial charge in [-0.3, -0.25) is 4.99 Å². The van der Waals surface area contributed by atoms with E-state index in [1.807, 2.05) is 0 Å². The van der Waals surface area contributed by atoms with Crippen LogP contribution in [0.5, 0.6) is 5.75 Å². The van der Waals surface area contributed by atoms with E-state index in [0.717, 1.165) is 5.56 Å². The predicted octanol–water partition coefficient (Wildman–Crippen LogP) is 2.31. The predicted molar refractivity (Wildman–Crippen MR) is 82.2 cm³/mol. The van der Waals surface area contributed by atoms with Gasteiger partial charge in [-0.1, -0.05) is 23.7 Å². The van der Waals surface area contributed by atoms with Crippen molar-refractivity contribution in [2.75, 3.05) is 0 Å². The van der Waals surface area contributed by atoms with Gasteiger partial charge >= 0.3 is 0 Å². The van der Waals surface area contributed by atoms with Crippen molar-refractivity contribution in [3.8, 4) is 5.75 Å². The smallest absolute Gasteiger partial charge is 0.238 e. The molecule has 0 aliphatic carbocycles. The van der Waals surface area contributed by atoms with Crippen LogP contribution in [-0.2, 0) is 16.6 Å². The van der Waals surface area contributed by atoms with Gasteiger partial charge in [0.2, 0.25) is 10.0 Å². The number of benzene rings is 2. The van der Waals surface area contributed by atoms with Crippen molar-refractivity contribution < 1.29 is 13.5 Å². The molecule has 0 heterocycles. The van der Waals surface area contributed by atoms with Crippen LogP contribution in [0.15, 0.2) is 52.4 Å². The SMILES string of the molecule is NS(=O)(=O)c1ccc(CN=Cc2cc(Cl)ccc2O)cc1. The van der Waals surface area contributed by atoms with Gasteiger partial charge in [0.05, 0.1) is 11.4 Å². The van der Waals surface area contributed by atoms with E-state index in [1.165, 1.54) is 24.4 Å². The highest BCUT2D eigenvalue weighted by Crippen LogP contribution is 2.19. The lowest BCUT2D eigenvalue weighted by Crippen LogP contribution is -2.11. The summed E-state index contributed by atoms with van der Waals surface area (Å²) < 4.78 is 22.2. The van der Waals surface area contributed by atoms with E-state index in [1.54, 1.807) is 24.3 Å². The summed E-state index contributed by atoms with van der Waals surface area (Å²) in [6.45, 7) is 0.344. The maximum atomic E-state index is 11.1. The van der Waals surface area contributed by atoms with Crippen LogP contribution in [0.3, 0.4) is 0 Å². The average molecular weight is 325 g/mol. The first kappa shape index (κ1) is 15.5. The Balaban J connectivity index is 2.09. The molecule has 0 unspecified atom stereocenters. The molecule has 2 rings (SSSR count). The van der Waals surface area contributed by atoms with E-state index in [0.29, 0.717) is 17.1 Å². The fourth-order valence-corrected chi connectivity index (χ4v) is 2.36. The maximum absolute atomic E-state index is 11.1. The summed E-state index contributed by atoms with van der Waals surface area (Å²) in [5.74, 6) is 0.0905. The standard InChI is InChI=1S/C14H13ClN2O3S/c15-12-3-6-14(18)11(7-12)9-17-8-10-1-4-13(5-2-10)21(16,19)20/h1-7,9,18H,8H2,(H2,16,19,20). The lowest BCUT2D eigenvalue weighted by atomic mass is 10.2. The Hall–Kier alpha value is -1.89. The zero-order chi connectivity index (χ0) is 15.5. The third-order valence-corrected chi connectivity index (χ3v) is 3.91. The van der Waals surface area contributed by atoms with Crippen LogP contribution in [0, 0.1) is 0 Å². The number of sulfonamides is 1. The van der Waals surface area contributed by atoms with Crippen LogP contribution in [0.25, 0.3) is 0 Å². The first-order chi connectivity index (χ1) is 9.86. The van der Waals surface area contributed by atoms with Gasteiger partial charge < -0.3 is 5.11 Å². The molecule has 110 valence electrons. The molecule has 0 aromatic heterocycles. The zero-order valence-electron chi connectivity index (χ0n) is 10.9. The number of hydrogen-bond acceptors (Lipinski definition) is 4. The summed E-state index contributed by atoms with van der Waals surface area (Å²) >= 11 is 5.83. The van der Waals surface area contributed by atoms with E-state index in [4.69, 9.17) is 16.7 Å². The Morgan fingerprint density at radius 2 is 1.86 bits per heavy atom. The number of aliphatic imine (C=N–C) groups is 1. The van der Waals surface area contributed by atoms with Crippen molar-refractivity contribution in [1.82, 2.24) is 0 Å². The molecule has 0 amide bonds. The van der Waals surface area contributed by atoms with Crippen LogP contribution in [0.2, 0.25) is 5.02 Å². The minimum atomic E-state index is -3.68. The van der Waals surface area contributed by atoms with Gasteiger partial charge in [-0.2, -0.15) is 0 Å². The molecule has 2 aromatic rings. The second-order valence-corrected chi connectivity index (χ2v) is 6.36. The van der Waals surface area contributed by atoms with Crippen molar-refractivity contribution in [3.63, 3.8) is 0 Å². The molecule has 0 bridgehead atoms. The Morgan fingerprint density at radius 1 is 1.19 bits per heavy atom. The van der Waals surface area contributed by atoms with Crippen LogP contribution < -0.4 is 5.14 Å². The molecule has 0 radical (unpaired) electrons. The summed E-state index contributed by atoms with van der Waals surface area (Å²) in [5, 5.41) is 15.1. The molecule has 2 aromatic carbocycles. The summed E-state index contributed by atoms with van der Waals surface area (Å²) in [6.07, 6.45) is 1.51. The Morgan fingerprint density at radius 3 is 2.48 bits per heavy atom. The normalized spacial score (nSPS) is 11.9. The van der Waals surface area contributed by atoms with Gasteiger partial charge in [0.15, 0.2) is 0 Å². The number of phenols is 1. The van der Waals surface area contributed by atoms with Gasteiger partial charge in [0.25, 0.3) is 0 Å². The number of nitrogens with zero attached hydrogens (tertiary/aromatic N) is 1. The molecule has 0 atom stereocenters. The van der Waals surface area contributed by atoms with Crippen molar-refractivity contribution in [2.24, 2.45) is 10.1 Å². The van der Waals surface area contributed by atoms with Crippen LogP contribution in [0.1, 0.15) is 11.1 Å². The van der Waals surface area contributed by atoms with E-state index in [-0.39, 0.29) is 10.6 Å². The number of primary sulfonamides is 1. The van der Waals surface area contributed by atoms with Crippen molar-refractivity contribution in [2.45, 2.75) is 11.4 Å². The summed E-state index contributed by atoms with van der Waals surface area (Å²) in [4.78, 5) is 4.24. The first-order valence-electron chi connectivity index (χ1n) is 5.96. The lowest BCUT2D eigenvalue weighted by molar-refractivity contribution is 0.474. The van der Waals surface area contributed by atoms with Crippen molar-refractivity contribution in [3.05, 3.63) is 58.6 Å². The molecule has 0 saturated heterocycles. The zero-order valence-corrected chi connectivity index (χ0v) is 12.5. The number of aromatic hydroxyl groups is 1. The van der Waals surface area contributed by atoms with E-state index < -0.39 is 10.0 Å². The van der Waals surface area contributed by atoms with Crippen LogP contribution in [-0.4, -0.2) is 19.7 Å². The van der Waals surface area contributed by atoms with Gasteiger partial charge in [-0.15, -0.1) is 0 Å². The summed E-state index contributed by atoms with van der Waals surface area (Å²) in [6, 6.07) is 10.8. The van der Waals surface area contributed by atoms with Crippen LogP contribution >= 0.6 is 11.6 Å². The van der Waals surface area contributed by atoms with Gasteiger partial charge in [-0.05, 0) is 35.9 Å². The molecule has 0 aliphatic rings. The fourth-order valence-electron chi connectivity index (χ4n) is 1.66. The molecule has 0 aliphatic heterocycles. The highest BCUT2D eigenvalue weighted by molar-refractivity contribution is 7.89. The highest BCUT2D eigenvalue weighted by atomic mass is 35.5. The fraction of sp³-hybridized carbons (Fsp3) is 0.0714. The Bertz CT molecular complexity index is 771. The molecule has 0 fully saturated rings. The first-order valence-corrected chi connectivity index (χ1v) is 7.89. The molecule has 5 nitrogen and oxygen atoms in total. The number of nitrogens with two attached hydrogens (primary N) is 1. The number of rotatable bonds is 4. The topological polar surface area (TPSA) is 92.8 Å². The van der Waals surface area contributed by atoms with Gasteiger partial charge in [0.1, 0.15) is 5.75 Å². The Kier molecular flexibility index (Phi) is 4.62. The lowest BCUT2D eigenvalue weighted by Gasteiger charge is -2.01. The largest absolute Gasteiger partial charge is 0.507 e. The minimum Gasteiger partial charge on any atom is -0.507 e. The van der Waals surface area contributed by atoms with E-state index in [9.17, 15) is 13.5 Å². The third kappa shape index (κ3) is 4.29. The maximum Gasteiger partial charge on any atom is 0.238 e. The number of halogens is 1. The van der Waals surface area contributed by atoms with Crippen molar-refractivity contribution >= 4 is 27.8 Å². The molecule has 21 heavy (non-hydrogen) atoms. The third-order valence-electron chi connectivity index (χ3n) is 2.75. The van der Waals surface area contributed by atoms with Crippen molar-refractivity contribution in [1.29, 1.82) is 0 Å². The van der Waals surface area contributed by atoms with Gasteiger partial charge in [-0.25, -0.2) is 13.6 Å². The minimum absolute atomic E-state index is 0.0581. The van der Waals surface area contributed by atoms with Crippen LogP contribution in [0.4, 0.5) is 0 Å². The molecular formula is C14H13ClN2O3S. The van der Waals surface area contributed by atoms with E-state index in [2.05, 4.69) is 4.99 Å². The number of hydrogen-bond donors (Lipinski definition) is 2. The second kappa shape index (κ2) is 6.26. The second-order valence-electron chi connectivity index (χ2n) is 4.36. The highest BCUT2D eigenvalue weighted by Gasteiger charge is 2.06. The molecule has 0 saturated carbocycles. The Labute approximate surface area is 127 Å². The molecule has 0 spiro atoms. The monoisotopic (exact) mass is 324 g/mol. The quantitative estimate of drug-likeness (QED) is 0.845. The summed E-state index contributed by atoms with van der Waals surface area (Å²) in [7, 11) is -3.68. The molecule has 3 N–H and O–H groups in total. The van der Waals surface area contributed by atoms with Gasteiger partial charge in [0, 0.05) is 16.8 Å². The number of phenolic OH excluding ortho intramolecular Hbond substituents is 1. The molecule has 7 heteroatoms. The molecular weight excluding hydrogens is 312 g/mol. The summed E-state index contributed by atoms with van der Waals surface area (Å²) in [5.41, 5.74) is 1.34. The average Bonchev–Trinajstić information content (AvgIpc) is 2.42.